The van der Waals surface area contributed by atoms with Gasteiger partial charge in [0.2, 0.25) is 0 Å². The molecule has 2 atom stereocenters. The number of carbonyl (C=O) groups is 1. The summed E-state index contributed by atoms with van der Waals surface area (Å²) in [6.07, 6.45) is 1.97. The largest absolute Gasteiger partial charge is 0.479 e. The number of aliphatic hydroxyl groups is 1. The second-order valence-electron chi connectivity index (χ2n) is 8.17. The van der Waals surface area contributed by atoms with Gasteiger partial charge in [-0.05, 0) is 31.2 Å². The third-order valence-corrected chi connectivity index (χ3v) is 7.15. The molecule has 6 nitrogen and oxygen atoms in total. The summed E-state index contributed by atoms with van der Waals surface area (Å²) < 4.78 is 7.29. The molecule has 2 aliphatic rings. The lowest BCUT2D eigenvalue weighted by Crippen LogP contribution is -2.50. The second-order valence-corrected chi connectivity index (χ2v) is 9.74. The number of piperazine rings is 1. The van der Waals surface area contributed by atoms with Gasteiger partial charge >= 0.3 is 0 Å². The van der Waals surface area contributed by atoms with Gasteiger partial charge in [0.15, 0.2) is 6.10 Å². The highest BCUT2D eigenvalue weighted by molar-refractivity contribution is 7.19. The van der Waals surface area contributed by atoms with Crippen molar-refractivity contribution < 1.29 is 14.6 Å². The van der Waals surface area contributed by atoms with Crippen LogP contribution in [0.25, 0.3) is 21.3 Å². The van der Waals surface area contributed by atoms with Crippen molar-refractivity contribution in [1.29, 1.82) is 0 Å². The predicted octanol–water partition coefficient (Wildman–Crippen LogP) is 3.28. The van der Waals surface area contributed by atoms with E-state index in [0.717, 1.165) is 50.6 Å². The zero-order valence-electron chi connectivity index (χ0n) is 17.2. The number of thiophene rings is 1. The van der Waals surface area contributed by atoms with Crippen molar-refractivity contribution in [3.63, 3.8) is 0 Å². The van der Waals surface area contributed by atoms with Gasteiger partial charge in [0.05, 0.1) is 16.3 Å². The number of hydrogen-bond acceptors (Lipinski definition) is 6. The molecule has 0 radical (unpaired) electrons. The van der Waals surface area contributed by atoms with Gasteiger partial charge in [0.1, 0.15) is 5.75 Å². The van der Waals surface area contributed by atoms with E-state index >= 15 is 0 Å². The Morgan fingerprint density at radius 3 is 2.94 bits per heavy atom. The number of nitrogens with one attached hydrogen (secondary N) is 1. The average molecular weight is 458 g/mol. The number of ether oxygens (including phenoxy) is 1. The van der Waals surface area contributed by atoms with Crippen LogP contribution in [0.4, 0.5) is 0 Å². The standard InChI is InChI=1S/C23H24ClN3O3S/c1-13(28)8-16-12-19-22(31-16)17(2-3-26-19)18-11-15(24)9-14-10-20(30-21(14)18)23(29)27-6-4-25-5-7-27/h2-3,9,11-13,20,25,28H,4-8,10H2,1H3. The number of halogens is 1. The number of fused-ring (bicyclic) bond motifs is 2. The predicted molar refractivity (Wildman–Crippen MR) is 123 cm³/mol. The van der Waals surface area contributed by atoms with Crippen LogP contribution in [0, 0.1) is 0 Å². The lowest BCUT2D eigenvalue weighted by atomic mass is 10.0. The van der Waals surface area contributed by atoms with E-state index in [2.05, 4.69) is 10.3 Å². The van der Waals surface area contributed by atoms with Crippen LogP contribution in [-0.2, 0) is 17.6 Å². The summed E-state index contributed by atoms with van der Waals surface area (Å²) in [5.74, 6) is 0.769. The topological polar surface area (TPSA) is 74.7 Å². The Morgan fingerprint density at radius 1 is 1.35 bits per heavy atom. The van der Waals surface area contributed by atoms with E-state index in [4.69, 9.17) is 16.3 Å². The summed E-state index contributed by atoms with van der Waals surface area (Å²) in [4.78, 5) is 20.5. The third-order valence-electron chi connectivity index (χ3n) is 5.75. The molecule has 0 bridgehead atoms. The minimum Gasteiger partial charge on any atom is -0.479 e. The highest BCUT2D eigenvalue weighted by atomic mass is 35.5. The number of aliphatic hydroxyl groups excluding tert-OH is 1. The van der Waals surface area contributed by atoms with Crippen molar-refractivity contribution in [2.45, 2.75) is 32.0 Å². The number of benzene rings is 1. The van der Waals surface area contributed by atoms with Crippen molar-refractivity contribution >= 4 is 39.1 Å². The first-order chi connectivity index (χ1) is 15.0. The van der Waals surface area contributed by atoms with Crippen LogP contribution in [0.15, 0.2) is 30.5 Å². The van der Waals surface area contributed by atoms with Crippen molar-refractivity contribution in [3.8, 4) is 16.9 Å². The number of rotatable bonds is 4. The normalized spacial score (nSPS) is 19.3. The quantitative estimate of drug-likeness (QED) is 0.629. The van der Waals surface area contributed by atoms with Gasteiger partial charge in [-0.15, -0.1) is 11.3 Å². The molecule has 1 aromatic carbocycles. The van der Waals surface area contributed by atoms with Crippen molar-refractivity contribution in [2.24, 2.45) is 0 Å². The van der Waals surface area contributed by atoms with Gasteiger partial charge in [-0.1, -0.05) is 11.6 Å². The summed E-state index contributed by atoms with van der Waals surface area (Å²) in [6, 6.07) is 7.79. The molecule has 1 amide bonds. The molecule has 0 saturated carbocycles. The maximum Gasteiger partial charge on any atom is 0.264 e. The maximum atomic E-state index is 13.0. The van der Waals surface area contributed by atoms with E-state index < -0.39 is 12.2 Å². The molecular weight excluding hydrogens is 434 g/mol. The van der Waals surface area contributed by atoms with Crippen LogP contribution in [-0.4, -0.2) is 59.3 Å². The van der Waals surface area contributed by atoms with E-state index in [1.54, 1.807) is 24.5 Å². The molecule has 31 heavy (non-hydrogen) atoms. The Hall–Kier alpha value is -2.19. The fourth-order valence-corrected chi connectivity index (χ4v) is 5.84. The number of nitrogens with zero attached hydrogens (tertiary/aromatic N) is 2. The van der Waals surface area contributed by atoms with Crippen LogP contribution < -0.4 is 10.1 Å². The molecule has 4 heterocycles. The van der Waals surface area contributed by atoms with E-state index in [1.165, 1.54) is 0 Å². The SMILES string of the molecule is CC(O)Cc1cc2nccc(-c3cc(Cl)cc4c3OC(C(=O)N3CCNCC3)C4)c2s1. The Labute approximate surface area is 189 Å². The molecule has 2 aromatic heterocycles. The molecule has 2 unspecified atom stereocenters. The minimum absolute atomic E-state index is 0.0370. The van der Waals surface area contributed by atoms with Crippen LogP contribution in [0.3, 0.4) is 0 Å². The molecule has 5 rings (SSSR count). The number of hydrogen-bond donors (Lipinski definition) is 2. The smallest absolute Gasteiger partial charge is 0.264 e. The first-order valence-electron chi connectivity index (χ1n) is 10.5. The van der Waals surface area contributed by atoms with Gasteiger partial charge in [-0.2, -0.15) is 0 Å². The molecule has 2 aliphatic heterocycles. The molecule has 8 heteroatoms. The monoisotopic (exact) mass is 457 g/mol. The average Bonchev–Trinajstić information content (AvgIpc) is 3.36. The van der Waals surface area contributed by atoms with Crippen LogP contribution in [0.5, 0.6) is 5.75 Å². The van der Waals surface area contributed by atoms with Crippen LogP contribution in [0.2, 0.25) is 5.02 Å². The lowest BCUT2D eigenvalue weighted by Gasteiger charge is -2.29. The molecule has 1 fully saturated rings. The Kier molecular flexibility index (Phi) is 5.60. The maximum absolute atomic E-state index is 13.0. The minimum atomic E-state index is -0.517. The molecule has 1 saturated heterocycles. The molecular formula is C23H24ClN3O3S. The number of aromatic nitrogens is 1. The van der Waals surface area contributed by atoms with Crippen molar-refractivity contribution in [2.75, 3.05) is 26.2 Å². The summed E-state index contributed by atoms with van der Waals surface area (Å²) in [6.45, 7) is 4.81. The molecule has 0 aliphatic carbocycles. The van der Waals surface area contributed by atoms with Crippen LogP contribution in [0.1, 0.15) is 17.4 Å². The molecule has 2 N–H and O–H groups in total. The van der Waals surface area contributed by atoms with E-state index in [-0.39, 0.29) is 5.91 Å². The van der Waals surface area contributed by atoms with Gasteiger partial charge in [-0.3, -0.25) is 9.78 Å². The fraction of sp³-hybridized carbons (Fsp3) is 0.391. The van der Waals surface area contributed by atoms with Gasteiger partial charge in [-0.25, -0.2) is 0 Å². The highest BCUT2D eigenvalue weighted by Gasteiger charge is 2.35. The third kappa shape index (κ3) is 4.03. The summed E-state index contributed by atoms with van der Waals surface area (Å²) in [5.41, 5.74) is 3.72. The van der Waals surface area contributed by atoms with Crippen LogP contribution >= 0.6 is 22.9 Å². The van der Waals surface area contributed by atoms with E-state index in [0.29, 0.717) is 31.0 Å². The summed E-state index contributed by atoms with van der Waals surface area (Å²) >= 11 is 8.10. The fourth-order valence-electron chi connectivity index (χ4n) is 4.34. The number of amides is 1. The van der Waals surface area contributed by atoms with Crippen molar-refractivity contribution in [3.05, 3.63) is 45.9 Å². The van der Waals surface area contributed by atoms with Crippen molar-refractivity contribution in [1.82, 2.24) is 15.2 Å². The molecule has 162 valence electrons. The zero-order valence-corrected chi connectivity index (χ0v) is 18.8. The molecule has 0 spiro atoms. The Morgan fingerprint density at radius 2 is 2.16 bits per heavy atom. The van der Waals surface area contributed by atoms with Gasteiger partial charge in [0.25, 0.3) is 5.91 Å². The van der Waals surface area contributed by atoms with Gasteiger partial charge in [0, 0.05) is 71.8 Å². The lowest BCUT2D eigenvalue weighted by molar-refractivity contribution is -0.138. The second kappa shape index (κ2) is 8.39. The molecule has 3 aromatic rings. The highest BCUT2D eigenvalue weighted by Crippen LogP contribution is 2.44. The number of pyridine rings is 1. The van der Waals surface area contributed by atoms with E-state index in [1.807, 2.05) is 29.2 Å². The summed E-state index contributed by atoms with van der Waals surface area (Å²) in [7, 11) is 0. The Bertz CT molecular complexity index is 1140. The van der Waals surface area contributed by atoms with Gasteiger partial charge < -0.3 is 20.1 Å². The number of carbonyl (C=O) groups excluding carboxylic acids is 1. The first-order valence-corrected chi connectivity index (χ1v) is 11.7. The zero-order chi connectivity index (χ0) is 21.5. The van der Waals surface area contributed by atoms with E-state index in [9.17, 15) is 9.90 Å². The summed E-state index contributed by atoms with van der Waals surface area (Å²) in [5, 5.41) is 13.7. The Balaban J connectivity index is 1.52. The first kappa shape index (κ1) is 20.7.